The van der Waals surface area contributed by atoms with Gasteiger partial charge in [-0.2, -0.15) is 5.10 Å². The highest BCUT2D eigenvalue weighted by Gasteiger charge is 2.14. The van der Waals surface area contributed by atoms with E-state index in [-0.39, 0.29) is 0 Å². The first kappa shape index (κ1) is 24.8. The van der Waals surface area contributed by atoms with Gasteiger partial charge in [-0.1, -0.05) is 43.0 Å². The highest BCUT2D eigenvalue weighted by Crippen LogP contribution is 2.32. The number of nitrogens with zero attached hydrogens (tertiary/aromatic N) is 2. The van der Waals surface area contributed by atoms with Gasteiger partial charge in [-0.3, -0.25) is 10.1 Å². The number of benzene rings is 1. The van der Waals surface area contributed by atoms with Crippen LogP contribution in [0.1, 0.15) is 42.9 Å². The molecular formula is C30H32N4O2. The maximum atomic E-state index is 5.96. The Morgan fingerprint density at radius 1 is 1.11 bits per heavy atom. The Labute approximate surface area is 212 Å². The second-order valence-corrected chi connectivity index (χ2v) is 8.71. The molecule has 6 heteroatoms. The van der Waals surface area contributed by atoms with Gasteiger partial charge in [-0.15, -0.1) is 0 Å². The SMILES string of the molecule is C=C(/C=C\C1=C(C)NC(C)C1)/C=C/c1cc(/C=C/c2cccc(OCc3ccccn3)c2OC)n[nH]1. The topological polar surface area (TPSA) is 72.1 Å². The van der Waals surface area contributed by atoms with E-state index in [0.29, 0.717) is 24.1 Å². The third-order valence-electron chi connectivity index (χ3n) is 5.81. The van der Waals surface area contributed by atoms with Crippen molar-refractivity contribution in [1.82, 2.24) is 20.5 Å². The minimum atomic E-state index is 0.368. The van der Waals surface area contributed by atoms with Gasteiger partial charge in [-0.05, 0) is 73.9 Å². The molecule has 1 aliphatic heterocycles. The zero-order valence-electron chi connectivity index (χ0n) is 21.0. The second kappa shape index (κ2) is 11.9. The van der Waals surface area contributed by atoms with Gasteiger partial charge >= 0.3 is 0 Å². The molecule has 3 heterocycles. The zero-order valence-corrected chi connectivity index (χ0v) is 21.0. The van der Waals surface area contributed by atoms with E-state index in [2.05, 4.69) is 47.0 Å². The molecule has 2 aromatic heterocycles. The van der Waals surface area contributed by atoms with E-state index in [4.69, 9.17) is 9.47 Å². The smallest absolute Gasteiger partial charge is 0.167 e. The predicted molar refractivity (Wildman–Crippen MR) is 146 cm³/mol. The van der Waals surface area contributed by atoms with Crippen LogP contribution >= 0.6 is 0 Å². The molecule has 1 aromatic carbocycles. The Balaban J connectivity index is 1.38. The number of ether oxygens (including phenoxy) is 2. The molecule has 1 atom stereocenters. The summed E-state index contributed by atoms with van der Waals surface area (Å²) < 4.78 is 11.6. The number of pyridine rings is 1. The molecule has 0 bridgehead atoms. The van der Waals surface area contributed by atoms with E-state index < -0.39 is 0 Å². The molecule has 0 radical (unpaired) electrons. The first-order valence-corrected chi connectivity index (χ1v) is 12.0. The molecule has 1 unspecified atom stereocenters. The van der Waals surface area contributed by atoms with Crippen molar-refractivity contribution in [2.75, 3.05) is 7.11 Å². The van der Waals surface area contributed by atoms with Gasteiger partial charge in [0.05, 0.1) is 24.2 Å². The van der Waals surface area contributed by atoms with E-state index in [9.17, 15) is 0 Å². The summed E-state index contributed by atoms with van der Waals surface area (Å²) in [5.41, 5.74) is 6.95. The van der Waals surface area contributed by atoms with E-state index in [1.54, 1.807) is 13.3 Å². The van der Waals surface area contributed by atoms with Crippen molar-refractivity contribution < 1.29 is 9.47 Å². The molecule has 36 heavy (non-hydrogen) atoms. The van der Waals surface area contributed by atoms with Gasteiger partial charge in [0.25, 0.3) is 0 Å². The van der Waals surface area contributed by atoms with Crippen LogP contribution in [0.5, 0.6) is 11.5 Å². The lowest BCUT2D eigenvalue weighted by Gasteiger charge is -2.12. The van der Waals surface area contributed by atoms with Crippen molar-refractivity contribution in [2.45, 2.75) is 32.9 Å². The standard InChI is InChI=1S/C30H32N4O2/c1-21(11-13-25-18-22(2)32-23(25)3)12-15-26-19-27(34-33-26)16-14-24-8-7-10-29(30(24)35-4)36-20-28-9-5-6-17-31-28/h5-17,19,22,32H,1,18,20H2,2-4H3,(H,33,34)/b13-11-,15-12+,16-14+. The summed E-state index contributed by atoms with van der Waals surface area (Å²) in [7, 11) is 1.64. The van der Waals surface area contributed by atoms with Crippen LogP contribution in [0.2, 0.25) is 0 Å². The van der Waals surface area contributed by atoms with Crippen LogP contribution in [0.25, 0.3) is 18.2 Å². The van der Waals surface area contributed by atoms with Gasteiger partial charge in [-0.25, -0.2) is 0 Å². The highest BCUT2D eigenvalue weighted by molar-refractivity contribution is 5.73. The minimum absolute atomic E-state index is 0.368. The van der Waals surface area contributed by atoms with Crippen LogP contribution in [0.3, 0.4) is 0 Å². The molecule has 0 saturated heterocycles. The zero-order chi connectivity index (χ0) is 25.3. The monoisotopic (exact) mass is 480 g/mol. The third kappa shape index (κ3) is 6.63. The summed E-state index contributed by atoms with van der Waals surface area (Å²) in [6.45, 7) is 8.79. The molecule has 0 amide bonds. The van der Waals surface area contributed by atoms with Crippen molar-refractivity contribution in [3.63, 3.8) is 0 Å². The van der Waals surface area contributed by atoms with Gasteiger partial charge in [0.15, 0.2) is 11.5 Å². The molecule has 0 spiro atoms. The number of hydrogen-bond acceptors (Lipinski definition) is 5. The number of H-pyrrole nitrogens is 1. The molecular weight excluding hydrogens is 448 g/mol. The summed E-state index contributed by atoms with van der Waals surface area (Å²) in [5, 5.41) is 10.9. The first-order valence-electron chi connectivity index (χ1n) is 12.0. The van der Waals surface area contributed by atoms with E-state index >= 15 is 0 Å². The van der Waals surface area contributed by atoms with Gasteiger partial charge in [0.2, 0.25) is 0 Å². The Morgan fingerprint density at radius 2 is 1.97 bits per heavy atom. The molecule has 1 aliphatic rings. The lowest BCUT2D eigenvalue weighted by Crippen LogP contribution is -2.16. The predicted octanol–water partition coefficient (Wildman–Crippen LogP) is 6.34. The average molecular weight is 481 g/mol. The molecule has 3 aromatic rings. The highest BCUT2D eigenvalue weighted by atomic mass is 16.5. The van der Waals surface area contributed by atoms with Crippen LogP contribution < -0.4 is 14.8 Å². The fraction of sp³-hybridized carbons (Fsp3) is 0.200. The summed E-state index contributed by atoms with van der Waals surface area (Å²) in [6.07, 6.45) is 14.8. The molecule has 0 fully saturated rings. The number of aromatic nitrogens is 3. The number of methoxy groups -OCH3 is 1. The molecule has 0 aliphatic carbocycles. The normalized spacial score (nSPS) is 15.8. The Bertz CT molecular complexity index is 1320. The number of allylic oxidation sites excluding steroid dienone is 5. The van der Waals surface area contributed by atoms with Crippen molar-refractivity contribution in [2.24, 2.45) is 0 Å². The fourth-order valence-electron chi connectivity index (χ4n) is 3.98. The Kier molecular flexibility index (Phi) is 8.19. The van der Waals surface area contributed by atoms with E-state index in [1.807, 2.05) is 72.8 Å². The van der Waals surface area contributed by atoms with Gasteiger partial charge in [0, 0.05) is 23.5 Å². The van der Waals surface area contributed by atoms with Crippen LogP contribution in [-0.4, -0.2) is 28.3 Å². The fourth-order valence-corrected chi connectivity index (χ4v) is 3.98. The van der Waals surface area contributed by atoms with Gasteiger partial charge in [0.1, 0.15) is 6.61 Å². The molecule has 0 saturated carbocycles. The summed E-state index contributed by atoms with van der Waals surface area (Å²) >= 11 is 0. The largest absolute Gasteiger partial charge is 0.492 e. The van der Waals surface area contributed by atoms with Crippen LogP contribution in [0, 0.1) is 0 Å². The number of nitrogens with one attached hydrogen (secondary N) is 2. The summed E-state index contributed by atoms with van der Waals surface area (Å²) in [4.78, 5) is 4.30. The van der Waals surface area contributed by atoms with Crippen molar-refractivity contribution in [3.05, 3.63) is 113 Å². The third-order valence-corrected chi connectivity index (χ3v) is 5.81. The summed E-state index contributed by atoms with van der Waals surface area (Å²) in [6, 6.07) is 14.0. The molecule has 4 rings (SSSR count). The Hall–Kier alpha value is -4.32. The molecule has 2 N–H and O–H groups in total. The van der Waals surface area contributed by atoms with Crippen molar-refractivity contribution in [3.8, 4) is 11.5 Å². The molecule has 184 valence electrons. The maximum absolute atomic E-state index is 5.96. The van der Waals surface area contributed by atoms with E-state index in [1.165, 1.54) is 11.3 Å². The Morgan fingerprint density at radius 3 is 2.72 bits per heavy atom. The number of aromatic amines is 1. The average Bonchev–Trinajstić information content (AvgIpc) is 3.48. The van der Waals surface area contributed by atoms with Crippen molar-refractivity contribution in [1.29, 1.82) is 0 Å². The number of para-hydroxylation sites is 1. The summed E-state index contributed by atoms with van der Waals surface area (Å²) in [5.74, 6) is 1.33. The van der Waals surface area contributed by atoms with E-state index in [0.717, 1.165) is 34.6 Å². The van der Waals surface area contributed by atoms with Crippen LogP contribution in [-0.2, 0) is 6.61 Å². The molecule has 6 nitrogen and oxygen atoms in total. The number of rotatable bonds is 10. The lowest BCUT2D eigenvalue weighted by molar-refractivity contribution is 0.280. The van der Waals surface area contributed by atoms with Crippen molar-refractivity contribution >= 4 is 18.2 Å². The van der Waals surface area contributed by atoms with Crippen LogP contribution in [0.4, 0.5) is 0 Å². The minimum Gasteiger partial charge on any atom is -0.492 e. The van der Waals surface area contributed by atoms with Gasteiger partial charge < -0.3 is 14.8 Å². The second-order valence-electron chi connectivity index (χ2n) is 8.71. The maximum Gasteiger partial charge on any atom is 0.167 e. The number of hydrogen-bond donors (Lipinski definition) is 2. The lowest BCUT2D eigenvalue weighted by atomic mass is 10.1. The first-order chi connectivity index (χ1) is 17.5. The quantitative estimate of drug-likeness (QED) is 0.331. The van der Waals surface area contributed by atoms with Crippen LogP contribution in [0.15, 0.2) is 90.3 Å².